The minimum Gasteiger partial charge on any atom is -0.469 e. The molecule has 1 aliphatic carbocycles. The van der Waals surface area contributed by atoms with Gasteiger partial charge in [-0.25, -0.2) is 0 Å². The molecule has 124 valence electrons. The van der Waals surface area contributed by atoms with E-state index in [0.717, 1.165) is 18.3 Å². The Morgan fingerprint density at radius 3 is 2.10 bits per heavy atom. The normalized spacial score (nSPS) is 21.6. The number of hydrogen-bond acceptors (Lipinski definition) is 2. The van der Waals surface area contributed by atoms with Gasteiger partial charge in [-0.05, 0) is 18.3 Å². The minimum atomic E-state index is -0.0608. The number of methoxy groups -OCH3 is 1. The molecule has 1 fully saturated rings. The Morgan fingerprint density at radius 2 is 1.48 bits per heavy atom. The lowest BCUT2D eigenvalue weighted by Crippen LogP contribution is -2.07. The van der Waals surface area contributed by atoms with Crippen LogP contribution in [-0.4, -0.2) is 13.1 Å². The molecule has 0 unspecified atom stereocenters. The van der Waals surface area contributed by atoms with Crippen LogP contribution in [0.3, 0.4) is 0 Å². The van der Waals surface area contributed by atoms with Gasteiger partial charge in [0.2, 0.25) is 0 Å². The van der Waals surface area contributed by atoms with E-state index in [0.29, 0.717) is 6.42 Å². The zero-order valence-electron chi connectivity index (χ0n) is 14.4. The smallest absolute Gasteiger partial charge is 0.305 e. The molecule has 2 nitrogen and oxygen atoms in total. The van der Waals surface area contributed by atoms with Crippen molar-refractivity contribution in [3.05, 3.63) is 0 Å². The first kappa shape index (κ1) is 18.5. The number of carbonyl (C=O) groups excluding carboxylic acids is 1. The highest BCUT2D eigenvalue weighted by Gasteiger charge is 2.25. The van der Waals surface area contributed by atoms with Gasteiger partial charge in [-0.1, -0.05) is 84.0 Å². The summed E-state index contributed by atoms with van der Waals surface area (Å²) in [6.07, 6.45) is 18.4. The largest absolute Gasteiger partial charge is 0.469 e. The predicted octanol–water partition coefficient (Wildman–Crippen LogP) is 5.89. The predicted molar refractivity (Wildman–Crippen MR) is 89.3 cm³/mol. The van der Waals surface area contributed by atoms with Crippen LogP contribution in [0, 0.1) is 11.8 Å². The van der Waals surface area contributed by atoms with Crippen LogP contribution in [0.25, 0.3) is 0 Å². The Hall–Kier alpha value is -0.530. The molecule has 0 radical (unpaired) electrons. The molecule has 2 heteroatoms. The van der Waals surface area contributed by atoms with Gasteiger partial charge >= 0.3 is 5.97 Å². The lowest BCUT2D eigenvalue weighted by Gasteiger charge is -2.19. The van der Waals surface area contributed by atoms with Crippen molar-refractivity contribution in [1.29, 1.82) is 0 Å². The van der Waals surface area contributed by atoms with E-state index in [4.69, 9.17) is 0 Å². The van der Waals surface area contributed by atoms with Crippen LogP contribution < -0.4 is 0 Å². The van der Waals surface area contributed by atoms with Crippen molar-refractivity contribution in [2.24, 2.45) is 11.8 Å². The molecule has 21 heavy (non-hydrogen) atoms. The quantitative estimate of drug-likeness (QED) is 0.332. The molecule has 0 aromatic rings. The lowest BCUT2D eigenvalue weighted by molar-refractivity contribution is -0.140. The van der Waals surface area contributed by atoms with Gasteiger partial charge in [0.1, 0.15) is 0 Å². The van der Waals surface area contributed by atoms with Crippen molar-refractivity contribution in [2.45, 2.75) is 96.8 Å². The third kappa shape index (κ3) is 8.48. The molecule has 0 N–H and O–H groups in total. The number of carbonyl (C=O) groups is 1. The third-order valence-electron chi connectivity index (χ3n) is 5.18. The number of ether oxygens (including phenoxy) is 1. The third-order valence-corrected chi connectivity index (χ3v) is 5.18. The number of esters is 1. The second-order valence-electron chi connectivity index (χ2n) is 6.83. The van der Waals surface area contributed by atoms with Crippen LogP contribution in [0.1, 0.15) is 96.8 Å². The van der Waals surface area contributed by atoms with Gasteiger partial charge in [0.05, 0.1) is 7.11 Å². The Kier molecular flexibility index (Phi) is 10.6. The van der Waals surface area contributed by atoms with Crippen LogP contribution in [-0.2, 0) is 9.53 Å². The molecule has 2 atom stereocenters. The first-order chi connectivity index (χ1) is 10.3. The van der Waals surface area contributed by atoms with Gasteiger partial charge in [-0.2, -0.15) is 0 Å². The second-order valence-corrected chi connectivity index (χ2v) is 6.83. The second kappa shape index (κ2) is 12.1. The molecule has 0 aromatic carbocycles. The van der Waals surface area contributed by atoms with E-state index in [9.17, 15) is 4.79 Å². The first-order valence-electron chi connectivity index (χ1n) is 9.34. The Bertz CT molecular complexity index is 262. The molecular weight excluding hydrogens is 260 g/mol. The van der Waals surface area contributed by atoms with Crippen molar-refractivity contribution in [2.75, 3.05) is 7.11 Å². The number of hydrogen-bond donors (Lipinski definition) is 0. The van der Waals surface area contributed by atoms with Crippen LogP contribution in [0.5, 0.6) is 0 Å². The summed E-state index contributed by atoms with van der Waals surface area (Å²) in [5.41, 5.74) is 0. The van der Waals surface area contributed by atoms with Crippen LogP contribution in [0.15, 0.2) is 0 Å². The van der Waals surface area contributed by atoms with E-state index in [1.807, 2.05) is 0 Å². The first-order valence-corrected chi connectivity index (χ1v) is 9.34. The molecule has 1 saturated carbocycles. The molecule has 0 amide bonds. The van der Waals surface area contributed by atoms with E-state index in [1.54, 1.807) is 0 Å². The molecule has 0 spiro atoms. The fourth-order valence-electron chi connectivity index (χ4n) is 3.83. The molecule has 1 rings (SSSR count). The van der Waals surface area contributed by atoms with Crippen molar-refractivity contribution >= 4 is 5.97 Å². The number of rotatable bonds is 12. The van der Waals surface area contributed by atoms with Crippen LogP contribution in [0.4, 0.5) is 0 Å². The van der Waals surface area contributed by atoms with Crippen molar-refractivity contribution in [1.82, 2.24) is 0 Å². The highest BCUT2D eigenvalue weighted by Crippen LogP contribution is 2.38. The zero-order valence-corrected chi connectivity index (χ0v) is 14.4. The van der Waals surface area contributed by atoms with Gasteiger partial charge < -0.3 is 4.74 Å². The van der Waals surface area contributed by atoms with Crippen molar-refractivity contribution < 1.29 is 9.53 Å². The maximum Gasteiger partial charge on any atom is 0.305 e. The zero-order chi connectivity index (χ0) is 15.3. The lowest BCUT2D eigenvalue weighted by atomic mass is 9.87. The van der Waals surface area contributed by atoms with Crippen LogP contribution >= 0.6 is 0 Å². The number of unbranched alkanes of at least 4 members (excludes halogenated alkanes) is 6. The molecule has 0 aliphatic heterocycles. The molecule has 1 aliphatic rings. The molecule has 0 aromatic heterocycles. The minimum absolute atomic E-state index is 0.0608. The average Bonchev–Trinajstić information content (AvgIpc) is 2.94. The van der Waals surface area contributed by atoms with Gasteiger partial charge in [-0.15, -0.1) is 0 Å². The molecule has 0 bridgehead atoms. The summed E-state index contributed by atoms with van der Waals surface area (Å²) in [4.78, 5) is 11.0. The summed E-state index contributed by atoms with van der Waals surface area (Å²) in [5.74, 6) is 2.02. The SMILES string of the molecule is CCCC[C@@H]1CCC[C@H]1CCCCCCCCC(=O)OC. The highest BCUT2D eigenvalue weighted by molar-refractivity contribution is 5.68. The monoisotopic (exact) mass is 296 g/mol. The van der Waals surface area contributed by atoms with Gasteiger partial charge in [0.25, 0.3) is 0 Å². The van der Waals surface area contributed by atoms with Gasteiger partial charge in [0, 0.05) is 6.42 Å². The fraction of sp³-hybridized carbons (Fsp3) is 0.947. The summed E-state index contributed by atoms with van der Waals surface area (Å²) in [5, 5.41) is 0. The Morgan fingerprint density at radius 1 is 0.905 bits per heavy atom. The van der Waals surface area contributed by atoms with E-state index in [2.05, 4.69) is 11.7 Å². The van der Waals surface area contributed by atoms with E-state index in [1.165, 1.54) is 84.2 Å². The highest BCUT2D eigenvalue weighted by atomic mass is 16.5. The summed E-state index contributed by atoms with van der Waals surface area (Å²) in [6.45, 7) is 2.31. The maximum absolute atomic E-state index is 11.0. The molecule has 0 saturated heterocycles. The van der Waals surface area contributed by atoms with Crippen LogP contribution in [0.2, 0.25) is 0 Å². The Labute approximate surface area is 132 Å². The van der Waals surface area contributed by atoms with E-state index >= 15 is 0 Å². The topological polar surface area (TPSA) is 26.3 Å². The maximum atomic E-state index is 11.0. The van der Waals surface area contributed by atoms with Gasteiger partial charge in [-0.3, -0.25) is 4.79 Å². The summed E-state index contributed by atoms with van der Waals surface area (Å²) >= 11 is 0. The molecular formula is C19H36O2. The summed E-state index contributed by atoms with van der Waals surface area (Å²) < 4.78 is 4.65. The van der Waals surface area contributed by atoms with Crippen molar-refractivity contribution in [3.63, 3.8) is 0 Å². The van der Waals surface area contributed by atoms with E-state index < -0.39 is 0 Å². The standard InChI is InChI=1S/C19H36O2/c1-3-4-12-17-14-11-15-18(17)13-9-7-5-6-8-10-16-19(20)21-2/h17-18H,3-16H2,1-2H3/t17-,18-/m1/s1. The molecule has 0 heterocycles. The summed E-state index contributed by atoms with van der Waals surface area (Å²) in [6, 6.07) is 0. The van der Waals surface area contributed by atoms with Gasteiger partial charge in [0.15, 0.2) is 0 Å². The van der Waals surface area contributed by atoms with Crippen molar-refractivity contribution in [3.8, 4) is 0 Å². The Balaban J connectivity index is 1.92. The summed E-state index contributed by atoms with van der Waals surface area (Å²) in [7, 11) is 1.47. The fourth-order valence-corrected chi connectivity index (χ4v) is 3.83. The average molecular weight is 296 g/mol. The van der Waals surface area contributed by atoms with E-state index in [-0.39, 0.29) is 5.97 Å².